The van der Waals surface area contributed by atoms with E-state index in [2.05, 4.69) is 37.2 Å². The van der Waals surface area contributed by atoms with Crippen LogP contribution in [-0.4, -0.2) is 5.11 Å². The van der Waals surface area contributed by atoms with Crippen LogP contribution < -0.4 is 5.32 Å². The van der Waals surface area contributed by atoms with Gasteiger partial charge in [-0.05, 0) is 36.4 Å². The molecule has 0 bridgehead atoms. The fourth-order valence-corrected chi connectivity index (χ4v) is 2.29. The van der Waals surface area contributed by atoms with Crippen molar-refractivity contribution >= 4 is 37.5 Å². The van der Waals surface area contributed by atoms with Crippen molar-refractivity contribution in [2.24, 2.45) is 0 Å². The van der Waals surface area contributed by atoms with Crippen LogP contribution in [0.3, 0.4) is 0 Å². The minimum absolute atomic E-state index is 0.182. The van der Waals surface area contributed by atoms with Crippen LogP contribution in [0.25, 0.3) is 0 Å². The van der Waals surface area contributed by atoms with Gasteiger partial charge in [-0.2, -0.15) is 0 Å². The first-order valence-electron chi connectivity index (χ1n) is 5.22. The van der Waals surface area contributed by atoms with E-state index >= 15 is 0 Å². The lowest BCUT2D eigenvalue weighted by atomic mass is 10.2. The molecule has 0 amide bonds. The van der Waals surface area contributed by atoms with Crippen molar-refractivity contribution in [2.75, 3.05) is 5.32 Å². The van der Waals surface area contributed by atoms with Gasteiger partial charge in [-0.15, -0.1) is 0 Å². The Morgan fingerprint density at radius 1 is 1.06 bits per heavy atom. The van der Waals surface area contributed by atoms with Crippen LogP contribution in [0.2, 0.25) is 0 Å². The van der Waals surface area contributed by atoms with Crippen LogP contribution >= 0.6 is 31.9 Å². The van der Waals surface area contributed by atoms with Gasteiger partial charge >= 0.3 is 0 Å². The molecule has 5 heteroatoms. The Balaban J connectivity index is 2.16. The summed E-state index contributed by atoms with van der Waals surface area (Å²) in [5.74, 6) is -0.145. The molecule has 0 saturated carbocycles. The molecule has 2 aromatic carbocycles. The Hall–Kier alpha value is -1.07. The molecule has 0 radical (unpaired) electrons. The molecule has 0 aliphatic rings. The van der Waals surface area contributed by atoms with Crippen molar-refractivity contribution in [1.29, 1.82) is 0 Å². The molecular weight excluding hydrogens is 365 g/mol. The van der Waals surface area contributed by atoms with E-state index in [9.17, 15) is 9.50 Å². The predicted octanol–water partition coefficient (Wildman–Crippen LogP) is 4.67. The first-order valence-corrected chi connectivity index (χ1v) is 6.81. The number of nitrogens with one attached hydrogen (secondary N) is 1. The number of benzene rings is 2. The molecule has 0 spiro atoms. The van der Waals surface area contributed by atoms with E-state index in [0.717, 1.165) is 8.95 Å². The zero-order valence-corrected chi connectivity index (χ0v) is 12.4. The number of phenols is 1. The molecule has 2 aromatic rings. The van der Waals surface area contributed by atoms with E-state index in [1.54, 1.807) is 30.3 Å². The van der Waals surface area contributed by atoms with E-state index in [1.807, 2.05) is 0 Å². The number of hydrogen-bond acceptors (Lipinski definition) is 2. The lowest BCUT2D eigenvalue weighted by Gasteiger charge is -2.10. The van der Waals surface area contributed by atoms with Crippen molar-refractivity contribution < 1.29 is 9.50 Å². The van der Waals surface area contributed by atoms with Crippen molar-refractivity contribution in [1.82, 2.24) is 0 Å². The van der Waals surface area contributed by atoms with Crippen LogP contribution in [0, 0.1) is 5.82 Å². The summed E-state index contributed by atoms with van der Waals surface area (Å²) < 4.78 is 15.2. The lowest BCUT2D eigenvalue weighted by Crippen LogP contribution is -2.01. The normalized spacial score (nSPS) is 10.4. The summed E-state index contributed by atoms with van der Waals surface area (Å²) in [7, 11) is 0. The second-order valence-corrected chi connectivity index (χ2v) is 5.58. The van der Waals surface area contributed by atoms with E-state index in [4.69, 9.17) is 0 Å². The molecule has 0 aliphatic carbocycles. The number of aromatic hydroxyl groups is 1. The molecular formula is C13H10Br2FNO. The van der Waals surface area contributed by atoms with E-state index in [1.165, 1.54) is 6.07 Å². The molecule has 94 valence electrons. The lowest BCUT2D eigenvalue weighted by molar-refractivity contribution is 0.469. The third kappa shape index (κ3) is 3.23. The summed E-state index contributed by atoms with van der Waals surface area (Å²) in [5, 5.41) is 12.6. The zero-order chi connectivity index (χ0) is 13.1. The second-order valence-electron chi connectivity index (χ2n) is 3.75. The molecule has 18 heavy (non-hydrogen) atoms. The molecule has 0 aromatic heterocycles. The van der Waals surface area contributed by atoms with Crippen LogP contribution in [0.4, 0.5) is 10.1 Å². The van der Waals surface area contributed by atoms with Crippen molar-refractivity contribution in [3.8, 4) is 5.75 Å². The van der Waals surface area contributed by atoms with Gasteiger partial charge in [0, 0.05) is 21.1 Å². The maximum Gasteiger partial charge on any atom is 0.146 e. The molecule has 2 rings (SSSR count). The van der Waals surface area contributed by atoms with Crippen molar-refractivity contribution in [3.63, 3.8) is 0 Å². The first-order chi connectivity index (χ1) is 8.56. The zero-order valence-electron chi connectivity index (χ0n) is 9.25. The van der Waals surface area contributed by atoms with Gasteiger partial charge in [-0.25, -0.2) is 4.39 Å². The van der Waals surface area contributed by atoms with Gasteiger partial charge in [0.15, 0.2) is 0 Å². The van der Waals surface area contributed by atoms with E-state index in [0.29, 0.717) is 17.8 Å². The highest BCUT2D eigenvalue weighted by Crippen LogP contribution is 2.25. The topological polar surface area (TPSA) is 32.3 Å². The van der Waals surface area contributed by atoms with Gasteiger partial charge in [-0.1, -0.05) is 31.9 Å². The summed E-state index contributed by atoms with van der Waals surface area (Å²) in [4.78, 5) is 0. The Morgan fingerprint density at radius 2 is 1.72 bits per heavy atom. The largest absolute Gasteiger partial charge is 0.508 e. The number of anilines is 1. The average molecular weight is 375 g/mol. The first kappa shape index (κ1) is 13.4. The fourth-order valence-electron chi connectivity index (χ4n) is 1.52. The third-order valence-electron chi connectivity index (χ3n) is 2.44. The standard InChI is InChI=1S/C13H10Br2FNO/c14-9-2-4-13(18)8(5-9)7-17-12-6-10(15)1-3-11(12)16/h1-6,17-18H,7H2. The van der Waals surface area contributed by atoms with E-state index in [-0.39, 0.29) is 11.6 Å². The summed E-state index contributed by atoms with van der Waals surface area (Å²) in [6.07, 6.45) is 0. The SMILES string of the molecule is Oc1ccc(Br)cc1CNc1cc(Br)ccc1F. The molecule has 0 atom stereocenters. The number of phenolic OH excluding ortho intramolecular Hbond substituents is 1. The molecule has 0 heterocycles. The second kappa shape index (κ2) is 5.71. The minimum atomic E-state index is -0.326. The Morgan fingerprint density at radius 3 is 2.50 bits per heavy atom. The average Bonchev–Trinajstić information content (AvgIpc) is 2.34. The van der Waals surface area contributed by atoms with Crippen molar-refractivity contribution in [3.05, 3.63) is 56.7 Å². The van der Waals surface area contributed by atoms with Crippen LogP contribution in [0.1, 0.15) is 5.56 Å². The summed E-state index contributed by atoms with van der Waals surface area (Å²) >= 11 is 6.61. The minimum Gasteiger partial charge on any atom is -0.508 e. The van der Waals surface area contributed by atoms with Gasteiger partial charge in [0.1, 0.15) is 11.6 Å². The monoisotopic (exact) mass is 373 g/mol. The van der Waals surface area contributed by atoms with Crippen LogP contribution in [-0.2, 0) is 6.54 Å². The van der Waals surface area contributed by atoms with Gasteiger partial charge in [0.2, 0.25) is 0 Å². The van der Waals surface area contributed by atoms with Gasteiger partial charge in [-0.3, -0.25) is 0 Å². The molecule has 0 fully saturated rings. The maximum absolute atomic E-state index is 13.5. The van der Waals surface area contributed by atoms with Crippen LogP contribution in [0.15, 0.2) is 45.3 Å². The maximum atomic E-state index is 13.5. The Labute approximate surface area is 121 Å². The Bertz CT molecular complexity index is 523. The third-order valence-corrected chi connectivity index (χ3v) is 3.43. The number of rotatable bonds is 3. The Kier molecular flexibility index (Phi) is 4.24. The fraction of sp³-hybridized carbons (Fsp3) is 0.0769. The van der Waals surface area contributed by atoms with Gasteiger partial charge in [0.05, 0.1) is 5.69 Å². The molecule has 2 N–H and O–H groups in total. The quantitative estimate of drug-likeness (QED) is 0.818. The number of halogens is 3. The molecule has 2 nitrogen and oxygen atoms in total. The van der Waals surface area contributed by atoms with Gasteiger partial charge < -0.3 is 10.4 Å². The number of hydrogen-bond donors (Lipinski definition) is 2. The van der Waals surface area contributed by atoms with Gasteiger partial charge in [0.25, 0.3) is 0 Å². The molecule has 0 saturated heterocycles. The highest BCUT2D eigenvalue weighted by atomic mass is 79.9. The summed E-state index contributed by atoms with van der Waals surface area (Å²) in [6.45, 7) is 0.346. The highest BCUT2D eigenvalue weighted by Gasteiger charge is 2.05. The van der Waals surface area contributed by atoms with E-state index < -0.39 is 0 Å². The molecule has 0 aliphatic heterocycles. The van der Waals surface area contributed by atoms with Crippen LogP contribution in [0.5, 0.6) is 5.75 Å². The summed E-state index contributed by atoms with van der Waals surface area (Å²) in [5.41, 5.74) is 1.09. The smallest absolute Gasteiger partial charge is 0.146 e. The molecule has 0 unspecified atom stereocenters. The highest BCUT2D eigenvalue weighted by molar-refractivity contribution is 9.10. The summed E-state index contributed by atoms with van der Waals surface area (Å²) in [6, 6.07) is 9.81. The predicted molar refractivity (Wildman–Crippen MR) is 77.2 cm³/mol. The van der Waals surface area contributed by atoms with Crippen molar-refractivity contribution in [2.45, 2.75) is 6.54 Å².